The van der Waals surface area contributed by atoms with Crippen LogP contribution in [0.25, 0.3) is 0 Å². The minimum atomic E-state index is 0.00724. The van der Waals surface area contributed by atoms with Gasteiger partial charge >= 0.3 is 0 Å². The lowest BCUT2D eigenvalue weighted by molar-refractivity contribution is 0.0721. The van der Waals surface area contributed by atoms with Crippen molar-refractivity contribution in [2.75, 3.05) is 26.2 Å². The summed E-state index contributed by atoms with van der Waals surface area (Å²) in [6, 6.07) is 7.18. The van der Waals surface area contributed by atoms with E-state index in [1.807, 2.05) is 27.3 Å². The number of hydrogen-bond donors (Lipinski definition) is 0. The molecule has 2 amide bonds. The molecule has 1 aliphatic rings. The Labute approximate surface area is 133 Å². The van der Waals surface area contributed by atoms with E-state index in [4.69, 9.17) is 0 Å². The Kier molecular flexibility index (Phi) is 4.48. The predicted octanol–water partition coefficient (Wildman–Crippen LogP) is 2.13. The average Bonchev–Trinajstić information content (AvgIpc) is 2.99. The van der Waals surface area contributed by atoms with Crippen molar-refractivity contribution in [3.05, 3.63) is 52.5 Å². The lowest BCUT2D eigenvalue weighted by atomic mass is 10.2. The van der Waals surface area contributed by atoms with E-state index in [0.717, 1.165) is 11.3 Å². The molecule has 1 saturated heterocycles. The van der Waals surface area contributed by atoms with E-state index in [2.05, 4.69) is 4.98 Å². The number of hydrogen-bond acceptors (Lipinski definition) is 4. The van der Waals surface area contributed by atoms with Crippen molar-refractivity contribution < 1.29 is 9.59 Å². The molecule has 1 fully saturated rings. The molecule has 2 aromatic heterocycles. The molecule has 0 saturated carbocycles. The largest absolute Gasteiger partial charge is 0.337 e. The number of nitrogens with zero attached hydrogens (tertiary/aromatic N) is 3. The van der Waals surface area contributed by atoms with Gasteiger partial charge in [0.1, 0.15) is 0 Å². The van der Waals surface area contributed by atoms with Crippen molar-refractivity contribution in [3.63, 3.8) is 0 Å². The van der Waals surface area contributed by atoms with Crippen LogP contribution >= 0.6 is 11.3 Å². The summed E-state index contributed by atoms with van der Waals surface area (Å²) in [5.41, 5.74) is 0.646. The third kappa shape index (κ3) is 3.17. The van der Waals surface area contributed by atoms with Crippen LogP contribution in [0.5, 0.6) is 0 Å². The van der Waals surface area contributed by atoms with Gasteiger partial charge in [-0.2, -0.15) is 0 Å². The van der Waals surface area contributed by atoms with Crippen LogP contribution in [-0.4, -0.2) is 52.8 Å². The fourth-order valence-electron chi connectivity index (χ4n) is 2.56. The van der Waals surface area contributed by atoms with E-state index >= 15 is 0 Å². The van der Waals surface area contributed by atoms with Gasteiger partial charge in [-0.25, -0.2) is 0 Å². The Hall–Kier alpha value is -2.21. The molecule has 2 aromatic rings. The van der Waals surface area contributed by atoms with Crippen molar-refractivity contribution in [3.8, 4) is 0 Å². The molecule has 0 N–H and O–H groups in total. The Morgan fingerprint density at radius 1 is 0.955 bits per heavy atom. The van der Waals surface area contributed by atoms with Crippen LogP contribution in [0.1, 0.15) is 26.5 Å². The first-order valence-electron chi connectivity index (χ1n) is 7.28. The van der Waals surface area contributed by atoms with Gasteiger partial charge in [0.05, 0.1) is 4.88 Å². The van der Waals surface area contributed by atoms with E-state index < -0.39 is 0 Å². The van der Waals surface area contributed by atoms with Crippen molar-refractivity contribution >= 4 is 23.2 Å². The van der Waals surface area contributed by atoms with Gasteiger partial charge in [-0.05, 0) is 30.0 Å². The second-order valence-electron chi connectivity index (χ2n) is 5.15. The lowest BCUT2D eigenvalue weighted by Gasteiger charge is -2.22. The molecule has 0 spiro atoms. The molecular formula is C16H17N3O2S. The van der Waals surface area contributed by atoms with Crippen molar-refractivity contribution in [2.45, 2.75) is 6.42 Å². The molecule has 114 valence electrons. The fourth-order valence-corrected chi connectivity index (χ4v) is 3.25. The third-order valence-corrected chi connectivity index (χ3v) is 4.59. The van der Waals surface area contributed by atoms with E-state index in [9.17, 15) is 9.59 Å². The zero-order valence-electron chi connectivity index (χ0n) is 12.1. The maximum Gasteiger partial charge on any atom is 0.263 e. The third-order valence-electron chi connectivity index (χ3n) is 3.73. The topological polar surface area (TPSA) is 53.5 Å². The van der Waals surface area contributed by atoms with Gasteiger partial charge in [-0.1, -0.05) is 6.07 Å². The van der Waals surface area contributed by atoms with Crippen LogP contribution in [0, 0.1) is 0 Å². The zero-order chi connectivity index (χ0) is 15.4. The van der Waals surface area contributed by atoms with E-state index in [0.29, 0.717) is 31.7 Å². The number of thiophene rings is 1. The molecule has 6 heteroatoms. The highest BCUT2D eigenvalue weighted by molar-refractivity contribution is 7.12. The van der Waals surface area contributed by atoms with Crippen LogP contribution < -0.4 is 0 Å². The molecule has 0 unspecified atom stereocenters. The summed E-state index contributed by atoms with van der Waals surface area (Å²) in [6.45, 7) is 2.51. The average molecular weight is 315 g/mol. The van der Waals surface area contributed by atoms with Crippen LogP contribution in [0.15, 0.2) is 42.0 Å². The zero-order valence-corrected chi connectivity index (χ0v) is 13.0. The first-order chi connectivity index (χ1) is 10.8. The molecule has 0 radical (unpaired) electrons. The SMILES string of the molecule is O=C(c1ccncc1)N1CCCN(C(=O)c2cccs2)CC1. The van der Waals surface area contributed by atoms with E-state index in [1.165, 1.54) is 11.3 Å². The first kappa shape index (κ1) is 14.7. The monoisotopic (exact) mass is 315 g/mol. The number of carbonyl (C=O) groups is 2. The molecule has 0 atom stereocenters. The van der Waals surface area contributed by atoms with Gasteiger partial charge in [0.25, 0.3) is 11.8 Å². The quantitative estimate of drug-likeness (QED) is 0.853. The van der Waals surface area contributed by atoms with Crippen LogP contribution in [0.2, 0.25) is 0 Å². The summed E-state index contributed by atoms with van der Waals surface area (Å²) in [6.07, 6.45) is 4.04. The van der Waals surface area contributed by atoms with Crippen molar-refractivity contribution in [1.82, 2.24) is 14.8 Å². The van der Waals surface area contributed by atoms with Gasteiger partial charge in [0.2, 0.25) is 0 Å². The molecule has 22 heavy (non-hydrogen) atoms. The molecule has 0 bridgehead atoms. The van der Waals surface area contributed by atoms with Gasteiger partial charge in [0, 0.05) is 44.1 Å². The molecule has 3 rings (SSSR count). The summed E-state index contributed by atoms with van der Waals surface area (Å²) in [5.74, 6) is 0.0704. The van der Waals surface area contributed by atoms with Crippen molar-refractivity contribution in [1.29, 1.82) is 0 Å². The number of rotatable bonds is 2. The normalized spacial score (nSPS) is 15.5. The fraction of sp³-hybridized carbons (Fsp3) is 0.312. The maximum absolute atomic E-state index is 12.5. The van der Waals surface area contributed by atoms with E-state index in [-0.39, 0.29) is 11.8 Å². The summed E-state index contributed by atoms with van der Waals surface area (Å²) in [7, 11) is 0. The molecule has 0 aromatic carbocycles. The Morgan fingerprint density at radius 2 is 1.64 bits per heavy atom. The Bertz CT molecular complexity index is 643. The predicted molar refractivity (Wildman–Crippen MR) is 85.0 cm³/mol. The number of pyridine rings is 1. The number of aromatic nitrogens is 1. The summed E-state index contributed by atoms with van der Waals surface area (Å²) in [4.78, 5) is 33.2. The highest BCUT2D eigenvalue weighted by Crippen LogP contribution is 2.15. The molecule has 5 nitrogen and oxygen atoms in total. The molecule has 0 aliphatic carbocycles. The second-order valence-corrected chi connectivity index (χ2v) is 6.10. The maximum atomic E-state index is 12.5. The van der Waals surface area contributed by atoms with Crippen LogP contribution in [0.4, 0.5) is 0 Å². The van der Waals surface area contributed by atoms with Gasteiger partial charge in [-0.3, -0.25) is 14.6 Å². The van der Waals surface area contributed by atoms with E-state index in [1.54, 1.807) is 24.5 Å². The Balaban J connectivity index is 1.65. The minimum absolute atomic E-state index is 0.00724. The standard InChI is InChI=1S/C16H17N3O2S/c20-15(13-4-6-17-7-5-13)18-8-2-9-19(11-10-18)16(21)14-3-1-12-22-14/h1,3-7,12H,2,8-11H2. The smallest absolute Gasteiger partial charge is 0.263 e. The highest BCUT2D eigenvalue weighted by Gasteiger charge is 2.23. The van der Waals surface area contributed by atoms with Crippen molar-refractivity contribution in [2.24, 2.45) is 0 Å². The van der Waals surface area contributed by atoms with Crippen LogP contribution in [-0.2, 0) is 0 Å². The number of carbonyl (C=O) groups excluding carboxylic acids is 2. The molecular weight excluding hydrogens is 298 g/mol. The first-order valence-corrected chi connectivity index (χ1v) is 8.16. The molecule has 1 aliphatic heterocycles. The highest BCUT2D eigenvalue weighted by atomic mass is 32.1. The molecule has 3 heterocycles. The minimum Gasteiger partial charge on any atom is -0.337 e. The second kappa shape index (κ2) is 6.70. The number of amides is 2. The summed E-state index contributed by atoms with van der Waals surface area (Å²) >= 11 is 1.46. The van der Waals surface area contributed by atoms with Crippen LogP contribution in [0.3, 0.4) is 0 Å². The Morgan fingerprint density at radius 3 is 2.27 bits per heavy atom. The summed E-state index contributed by atoms with van der Waals surface area (Å²) < 4.78 is 0. The lowest BCUT2D eigenvalue weighted by Crippen LogP contribution is -2.37. The summed E-state index contributed by atoms with van der Waals surface area (Å²) in [5, 5.41) is 1.91. The van der Waals surface area contributed by atoms with Gasteiger partial charge in [-0.15, -0.1) is 11.3 Å². The van der Waals surface area contributed by atoms with Gasteiger partial charge < -0.3 is 9.80 Å². The van der Waals surface area contributed by atoms with Gasteiger partial charge in [0.15, 0.2) is 0 Å².